The van der Waals surface area contributed by atoms with Gasteiger partial charge in [0.2, 0.25) is 0 Å². The summed E-state index contributed by atoms with van der Waals surface area (Å²) in [6.45, 7) is 4.27. The molecular weight excluding hydrogens is 214 g/mol. The third-order valence-corrected chi connectivity index (χ3v) is 3.17. The van der Waals surface area contributed by atoms with Gasteiger partial charge in [0.1, 0.15) is 0 Å². The molecule has 0 aromatic heterocycles. The molecule has 0 saturated carbocycles. The van der Waals surface area contributed by atoms with Gasteiger partial charge in [-0.05, 0) is 37.3 Å². The number of primary amides is 1. The molecule has 1 unspecified atom stereocenters. The smallest absolute Gasteiger partial charge is 0.332 e. The SMILES string of the molecule is Cc1ccc2c(c1)/C(=N/NC(N)=O)CCC2C. The largest absolute Gasteiger partial charge is 0.350 e. The number of nitrogens with one attached hydrogen (secondary N) is 1. The van der Waals surface area contributed by atoms with Gasteiger partial charge < -0.3 is 5.73 Å². The Morgan fingerprint density at radius 3 is 3.00 bits per heavy atom. The number of carbonyl (C=O) groups excluding carboxylic acids is 1. The fourth-order valence-corrected chi connectivity index (χ4v) is 2.23. The quantitative estimate of drug-likeness (QED) is 0.715. The van der Waals surface area contributed by atoms with Crippen molar-refractivity contribution in [2.75, 3.05) is 0 Å². The normalized spacial score (nSPS) is 21.1. The zero-order valence-corrected chi connectivity index (χ0v) is 10.2. The highest BCUT2D eigenvalue weighted by molar-refractivity contribution is 6.03. The van der Waals surface area contributed by atoms with E-state index in [4.69, 9.17) is 5.73 Å². The second-order valence-corrected chi connectivity index (χ2v) is 4.56. The number of benzene rings is 1. The first kappa shape index (κ1) is 11.6. The number of carbonyl (C=O) groups is 1. The number of hydrogen-bond donors (Lipinski definition) is 2. The molecule has 0 bridgehead atoms. The zero-order chi connectivity index (χ0) is 12.4. The molecule has 4 heteroatoms. The number of hydrazone groups is 1. The number of fused-ring (bicyclic) bond motifs is 1. The van der Waals surface area contributed by atoms with Crippen LogP contribution in [0.1, 0.15) is 42.4 Å². The summed E-state index contributed by atoms with van der Waals surface area (Å²) in [5.41, 5.74) is 11.9. The number of amides is 2. The molecule has 0 saturated heterocycles. The van der Waals surface area contributed by atoms with Crippen LogP contribution in [0.4, 0.5) is 4.79 Å². The van der Waals surface area contributed by atoms with Crippen molar-refractivity contribution in [2.24, 2.45) is 10.8 Å². The van der Waals surface area contributed by atoms with Crippen molar-refractivity contribution in [2.45, 2.75) is 32.6 Å². The predicted molar refractivity (Wildman–Crippen MR) is 68.1 cm³/mol. The van der Waals surface area contributed by atoms with Crippen LogP contribution in [0.2, 0.25) is 0 Å². The Morgan fingerprint density at radius 1 is 1.53 bits per heavy atom. The fraction of sp³-hybridized carbons (Fsp3) is 0.385. The summed E-state index contributed by atoms with van der Waals surface area (Å²) in [6, 6.07) is 5.76. The van der Waals surface area contributed by atoms with Crippen molar-refractivity contribution >= 4 is 11.7 Å². The number of urea groups is 1. The maximum absolute atomic E-state index is 10.7. The molecule has 2 amide bonds. The lowest BCUT2D eigenvalue weighted by molar-refractivity contribution is 0.249. The molecule has 0 heterocycles. The minimum absolute atomic E-state index is 0.540. The molecule has 90 valence electrons. The van der Waals surface area contributed by atoms with Crippen molar-refractivity contribution in [3.05, 3.63) is 34.9 Å². The summed E-state index contributed by atoms with van der Waals surface area (Å²) in [5.74, 6) is 0.540. The maximum atomic E-state index is 10.7. The van der Waals surface area contributed by atoms with Gasteiger partial charge in [0.15, 0.2) is 0 Å². The van der Waals surface area contributed by atoms with Gasteiger partial charge in [-0.3, -0.25) is 0 Å². The van der Waals surface area contributed by atoms with Crippen LogP contribution in [0, 0.1) is 6.92 Å². The molecule has 0 spiro atoms. The van der Waals surface area contributed by atoms with E-state index in [2.05, 4.69) is 42.6 Å². The first-order valence-corrected chi connectivity index (χ1v) is 5.81. The molecule has 0 fully saturated rings. The van der Waals surface area contributed by atoms with E-state index in [1.807, 2.05) is 0 Å². The predicted octanol–water partition coefficient (Wildman–Crippen LogP) is 2.26. The second-order valence-electron chi connectivity index (χ2n) is 4.56. The van der Waals surface area contributed by atoms with Crippen LogP contribution in [0.5, 0.6) is 0 Å². The third kappa shape index (κ3) is 2.46. The highest BCUT2D eigenvalue weighted by Crippen LogP contribution is 2.31. The summed E-state index contributed by atoms with van der Waals surface area (Å²) in [4.78, 5) is 10.7. The third-order valence-electron chi connectivity index (χ3n) is 3.17. The van der Waals surface area contributed by atoms with Gasteiger partial charge in [0.25, 0.3) is 0 Å². The minimum Gasteiger partial charge on any atom is -0.350 e. The molecule has 1 atom stereocenters. The van der Waals surface area contributed by atoms with Crippen LogP contribution in [-0.4, -0.2) is 11.7 Å². The van der Waals surface area contributed by atoms with Crippen LogP contribution >= 0.6 is 0 Å². The first-order chi connectivity index (χ1) is 8.08. The summed E-state index contributed by atoms with van der Waals surface area (Å²) in [7, 11) is 0. The number of aryl methyl sites for hydroxylation is 1. The van der Waals surface area contributed by atoms with Gasteiger partial charge in [-0.15, -0.1) is 0 Å². The summed E-state index contributed by atoms with van der Waals surface area (Å²) in [5, 5.41) is 4.09. The topological polar surface area (TPSA) is 67.5 Å². The fourth-order valence-electron chi connectivity index (χ4n) is 2.23. The van der Waals surface area contributed by atoms with Crippen LogP contribution in [-0.2, 0) is 0 Å². The zero-order valence-electron chi connectivity index (χ0n) is 10.2. The number of nitrogens with zero attached hydrogens (tertiary/aromatic N) is 1. The van der Waals surface area contributed by atoms with Gasteiger partial charge in [-0.1, -0.05) is 24.6 Å². The van der Waals surface area contributed by atoms with E-state index in [1.165, 1.54) is 11.1 Å². The Labute approximate surface area is 101 Å². The van der Waals surface area contributed by atoms with E-state index in [1.54, 1.807) is 0 Å². The molecule has 1 aromatic carbocycles. The first-order valence-electron chi connectivity index (χ1n) is 5.81. The van der Waals surface area contributed by atoms with Crippen molar-refractivity contribution in [3.8, 4) is 0 Å². The second kappa shape index (κ2) is 4.57. The molecule has 4 nitrogen and oxygen atoms in total. The minimum atomic E-state index is -0.620. The van der Waals surface area contributed by atoms with Gasteiger partial charge in [-0.2, -0.15) is 5.10 Å². The molecule has 3 N–H and O–H groups in total. The van der Waals surface area contributed by atoms with Gasteiger partial charge in [0, 0.05) is 5.56 Å². The Kier molecular flexibility index (Phi) is 3.13. The monoisotopic (exact) mass is 231 g/mol. The van der Waals surface area contributed by atoms with E-state index in [0.717, 1.165) is 24.1 Å². The lowest BCUT2D eigenvalue weighted by atomic mass is 9.82. The van der Waals surface area contributed by atoms with E-state index in [-0.39, 0.29) is 0 Å². The van der Waals surface area contributed by atoms with Gasteiger partial charge in [0.05, 0.1) is 5.71 Å². The summed E-state index contributed by atoms with van der Waals surface area (Å²) in [6.07, 6.45) is 1.92. The van der Waals surface area contributed by atoms with Crippen molar-refractivity contribution in [1.29, 1.82) is 0 Å². The molecule has 2 rings (SSSR count). The lowest BCUT2D eigenvalue weighted by Crippen LogP contribution is -2.27. The molecule has 1 aliphatic rings. The summed E-state index contributed by atoms with van der Waals surface area (Å²) < 4.78 is 0. The van der Waals surface area contributed by atoms with E-state index >= 15 is 0 Å². The highest BCUT2D eigenvalue weighted by atomic mass is 16.2. The molecule has 17 heavy (non-hydrogen) atoms. The Morgan fingerprint density at radius 2 is 2.29 bits per heavy atom. The van der Waals surface area contributed by atoms with Crippen molar-refractivity contribution in [1.82, 2.24) is 5.43 Å². The Balaban J connectivity index is 2.40. The standard InChI is InChI=1S/C13H17N3O/c1-8-3-5-10-9(2)4-6-12(11(10)7-8)15-16-13(14)17/h3,5,7,9H,4,6H2,1-2H3,(H3,14,16,17)/b15-12+. The summed E-state index contributed by atoms with van der Waals surface area (Å²) >= 11 is 0. The molecule has 1 aliphatic carbocycles. The van der Waals surface area contributed by atoms with Crippen molar-refractivity contribution < 1.29 is 4.79 Å². The van der Waals surface area contributed by atoms with E-state index in [9.17, 15) is 4.79 Å². The lowest BCUT2D eigenvalue weighted by Gasteiger charge is -2.24. The number of rotatable bonds is 1. The average Bonchev–Trinajstić information content (AvgIpc) is 2.28. The van der Waals surface area contributed by atoms with Gasteiger partial charge >= 0.3 is 6.03 Å². The van der Waals surface area contributed by atoms with Crippen LogP contribution < -0.4 is 11.2 Å². The maximum Gasteiger partial charge on any atom is 0.332 e. The van der Waals surface area contributed by atoms with Crippen LogP contribution in [0.25, 0.3) is 0 Å². The van der Waals surface area contributed by atoms with Crippen molar-refractivity contribution in [3.63, 3.8) is 0 Å². The molecule has 0 aliphatic heterocycles. The average molecular weight is 231 g/mol. The van der Waals surface area contributed by atoms with E-state index < -0.39 is 6.03 Å². The number of nitrogens with two attached hydrogens (primary N) is 1. The molecular formula is C13H17N3O. The van der Waals surface area contributed by atoms with Crippen LogP contribution in [0.15, 0.2) is 23.3 Å². The Hall–Kier alpha value is -1.84. The number of hydrogen-bond acceptors (Lipinski definition) is 2. The Bertz CT molecular complexity index is 480. The molecule has 1 aromatic rings. The highest BCUT2D eigenvalue weighted by Gasteiger charge is 2.21. The molecule has 0 radical (unpaired) electrons. The van der Waals surface area contributed by atoms with Gasteiger partial charge in [-0.25, -0.2) is 10.2 Å². The van der Waals surface area contributed by atoms with Crippen LogP contribution in [0.3, 0.4) is 0 Å². The van der Waals surface area contributed by atoms with E-state index in [0.29, 0.717) is 5.92 Å².